The van der Waals surface area contributed by atoms with Crippen LogP contribution in [0.1, 0.15) is 5.82 Å². The number of rotatable bonds is 0. The minimum Gasteiger partial charge on any atom is -0.346 e. The van der Waals surface area contributed by atoms with Crippen LogP contribution in [0.15, 0.2) is 10.9 Å². The Hall–Kier alpha value is 0.646. The molecule has 7 heavy (non-hydrogen) atoms. The zero-order chi connectivity index (χ0) is 4.41. The molecule has 0 radical (unpaired) electrons. The summed E-state index contributed by atoms with van der Waals surface area (Å²) >= 11 is 0. The summed E-state index contributed by atoms with van der Waals surface area (Å²) in [4.78, 5) is 3.53. The van der Waals surface area contributed by atoms with Gasteiger partial charge in [0.25, 0.3) is 0 Å². The fourth-order valence-corrected chi connectivity index (χ4v) is 0.192. The third kappa shape index (κ3) is 2.45. The van der Waals surface area contributed by atoms with E-state index in [-0.39, 0.29) is 51.4 Å². The molecule has 0 aromatic carbocycles. The third-order valence-electron chi connectivity index (χ3n) is 0.407. The van der Waals surface area contributed by atoms with Crippen LogP contribution in [0.3, 0.4) is 0 Å². The zero-order valence-electron chi connectivity index (χ0n) is 4.09. The van der Waals surface area contributed by atoms with Gasteiger partial charge in [0, 0.05) is 5.82 Å². The molecule has 0 saturated heterocycles. The predicted octanol–water partition coefficient (Wildman–Crippen LogP) is -2.74. The molecule has 0 unspecified atom stereocenters. The van der Waals surface area contributed by atoms with E-state index in [1.165, 1.54) is 6.39 Å². The van der Waals surface area contributed by atoms with Crippen molar-refractivity contribution in [3.8, 4) is 0 Å². The average molecular weight is 122 g/mol. The molecular weight excluding hydrogens is 119 g/mol. The smallest absolute Gasteiger partial charge is 0.346 e. The van der Waals surface area contributed by atoms with Crippen molar-refractivity contribution in [2.75, 3.05) is 0 Å². The molecule has 1 heterocycles. The Kier molecular flexibility index (Phi) is 3.96. The number of hydrogen-bond donors (Lipinski definition) is 0. The molecular formula is C3H3KN2O. The second-order valence-corrected chi connectivity index (χ2v) is 0.847. The summed E-state index contributed by atoms with van der Waals surface area (Å²) in [5, 5.41) is 3.32. The first-order chi connectivity index (χ1) is 2.89. The Labute approximate surface area is 83.9 Å². The number of hydrogen-bond acceptors (Lipinski definition) is 3. The fraction of sp³-hybridized carbons (Fsp3) is 0. The van der Waals surface area contributed by atoms with E-state index < -0.39 is 0 Å². The van der Waals surface area contributed by atoms with Crippen LogP contribution >= 0.6 is 0 Å². The van der Waals surface area contributed by atoms with Gasteiger partial charge in [-0.3, -0.25) is 0 Å². The van der Waals surface area contributed by atoms with Crippen molar-refractivity contribution in [3.05, 3.63) is 19.1 Å². The molecule has 0 aliphatic heterocycles. The summed E-state index contributed by atoms with van der Waals surface area (Å²) < 4.78 is 4.29. The van der Waals surface area contributed by atoms with E-state index in [2.05, 4.69) is 21.6 Å². The van der Waals surface area contributed by atoms with E-state index in [4.69, 9.17) is 0 Å². The van der Waals surface area contributed by atoms with E-state index in [0.29, 0.717) is 5.82 Å². The van der Waals surface area contributed by atoms with Crippen molar-refractivity contribution in [3.63, 3.8) is 0 Å². The molecule has 1 aromatic heterocycles. The van der Waals surface area contributed by atoms with Gasteiger partial charge in [-0.2, -0.15) is 0 Å². The first kappa shape index (κ1) is 7.65. The van der Waals surface area contributed by atoms with Crippen molar-refractivity contribution in [2.24, 2.45) is 0 Å². The maximum absolute atomic E-state index is 4.29. The summed E-state index contributed by atoms with van der Waals surface area (Å²) in [5.74, 6) is 0.426. The summed E-state index contributed by atoms with van der Waals surface area (Å²) in [5.41, 5.74) is 0. The van der Waals surface area contributed by atoms with Crippen LogP contribution in [0, 0.1) is 6.92 Å². The normalized spacial score (nSPS) is 7.43. The van der Waals surface area contributed by atoms with Crippen molar-refractivity contribution < 1.29 is 55.9 Å². The van der Waals surface area contributed by atoms with Gasteiger partial charge in [0.2, 0.25) is 6.39 Å². The minimum absolute atomic E-state index is 0. The van der Waals surface area contributed by atoms with Crippen molar-refractivity contribution in [1.29, 1.82) is 0 Å². The maximum Gasteiger partial charge on any atom is 1.00 e. The molecule has 4 heteroatoms. The molecule has 0 fully saturated rings. The Morgan fingerprint density at radius 1 is 1.71 bits per heavy atom. The van der Waals surface area contributed by atoms with Crippen LogP contribution in [0.25, 0.3) is 0 Å². The Morgan fingerprint density at radius 3 is 2.57 bits per heavy atom. The van der Waals surface area contributed by atoms with Crippen molar-refractivity contribution in [2.45, 2.75) is 0 Å². The molecule has 3 nitrogen and oxygen atoms in total. The standard InChI is InChI=1S/C3H3N2O.K/c1-3-4-2-6-5-3;/h2H,1H2;/q-1;+1. The van der Waals surface area contributed by atoms with Crippen molar-refractivity contribution >= 4 is 0 Å². The van der Waals surface area contributed by atoms with E-state index in [1.807, 2.05) is 0 Å². The zero-order valence-corrected chi connectivity index (χ0v) is 7.21. The molecule has 1 rings (SSSR count). The van der Waals surface area contributed by atoms with Gasteiger partial charge in [0.05, 0.1) is 0 Å². The topological polar surface area (TPSA) is 38.9 Å². The molecule has 0 saturated carbocycles. The molecule has 0 N–H and O–H groups in total. The maximum atomic E-state index is 4.29. The quantitative estimate of drug-likeness (QED) is 0.277. The van der Waals surface area contributed by atoms with E-state index in [1.54, 1.807) is 0 Å². The number of nitrogens with zero attached hydrogens (tertiary/aromatic N) is 2. The molecule has 0 atom stereocenters. The van der Waals surface area contributed by atoms with Crippen molar-refractivity contribution in [1.82, 2.24) is 10.1 Å². The molecule has 0 aliphatic carbocycles. The molecule has 0 aliphatic rings. The predicted molar refractivity (Wildman–Crippen MR) is 18.8 cm³/mol. The van der Waals surface area contributed by atoms with Gasteiger partial charge in [-0.05, 0) is 0 Å². The first-order valence-electron chi connectivity index (χ1n) is 1.48. The van der Waals surface area contributed by atoms with E-state index >= 15 is 0 Å². The molecule has 0 spiro atoms. The van der Waals surface area contributed by atoms with Gasteiger partial charge in [0.15, 0.2) is 0 Å². The molecule has 32 valence electrons. The first-order valence-corrected chi connectivity index (χ1v) is 1.48. The summed E-state index contributed by atoms with van der Waals surface area (Å²) in [7, 11) is 0. The largest absolute Gasteiger partial charge is 1.00 e. The Bertz CT molecular complexity index is 116. The molecule has 0 amide bonds. The van der Waals surface area contributed by atoms with Crippen LogP contribution in [0.2, 0.25) is 0 Å². The van der Waals surface area contributed by atoms with Gasteiger partial charge in [-0.25, -0.2) is 4.98 Å². The summed E-state index contributed by atoms with van der Waals surface area (Å²) in [6.45, 7) is 3.36. The Morgan fingerprint density at radius 2 is 2.43 bits per heavy atom. The van der Waals surface area contributed by atoms with Crippen LogP contribution < -0.4 is 51.4 Å². The Balaban J connectivity index is 0.000000360. The van der Waals surface area contributed by atoms with Crippen LogP contribution in [0.4, 0.5) is 0 Å². The van der Waals surface area contributed by atoms with Gasteiger partial charge in [-0.15, -0.1) is 0 Å². The van der Waals surface area contributed by atoms with E-state index in [0.717, 1.165) is 0 Å². The molecule has 1 aromatic rings. The van der Waals surface area contributed by atoms with Gasteiger partial charge in [-0.1, -0.05) is 5.16 Å². The summed E-state index contributed by atoms with van der Waals surface area (Å²) in [6, 6.07) is 0. The van der Waals surface area contributed by atoms with Gasteiger partial charge in [0.1, 0.15) is 0 Å². The second-order valence-electron chi connectivity index (χ2n) is 0.847. The molecule has 0 bridgehead atoms. The van der Waals surface area contributed by atoms with Crippen LogP contribution in [0.5, 0.6) is 0 Å². The van der Waals surface area contributed by atoms with Crippen LogP contribution in [-0.2, 0) is 0 Å². The SMILES string of the molecule is [CH2-]c1ncon1.[K+]. The van der Waals surface area contributed by atoms with Crippen LogP contribution in [-0.4, -0.2) is 10.1 Å². The van der Waals surface area contributed by atoms with Gasteiger partial charge < -0.3 is 11.4 Å². The van der Waals surface area contributed by atoms with E-state index in [9.17, 15) is 0 Å². The average Bonchev–Trinajstić information content (AvgIpc) is 1.86. The van der Waals surface area contributed by atoms with Gasteiger partial charge >= 0.3 is 51.4 Å². The monoisotopic (exact) mass is 122 g/mol. The fourth-order valence-electron chi connectivity index (χ4n) is 0.192. The minimum atomic E-state index is 0. The summed E-state index contributed by atoms with van der Waals surface area (Å²) in [6.07, 6.45) is 1.24. The second kappa shape index (κ2) is 3.62. The number of aromatic nitrogens is 2. The third-order valence-corrected chi connectivity index (χ3v) is 0.407.